The number of furan rings is 1. The lowest BCUT2D eigenvalue weighted by Gasteiger charge is -2.31. The van der Waals surface area contributed by atoms with Crippen molar-refractivity contribution in [1.82, 2.24) is 9.47 Å². The summed E-state index contributed by atoms with van der Waals surface area (Å²) < 4.78 is 6.99. The first-order valence-corrected chi connectivity index (χ1v) is 8.69. The van der Waals surface area contributed by atoms with Crippen LogP contribution >= 0.6 is 0 Å². The van der Waals surface area contributed by atoms with Crippen LogP contribution in [0.1, 0.15) is 60.0 Å². The lowest BCUT2D eigenvalue weighted by molar-refractivity contribution is 0.0549. The second-order valence-corrected chi connectivity index (χ2v) is 6.61. The molecule has 1 fully saturated rings. The summed E-state index contributed by atoms with van der Waals surface area (Å²) in [7, 11) is 1.78. The summed E-state index contributed by atoms with van der Waals surface area (Å²) in [6, 6.07) is 7.17. The fourth-order valence-corrected chi connectivity index (χ4v) is 3.53. The van der Waals surface area contributed by atoms with Gasteiger partial charge in [0.15, 0.2) is 0 Å². The van der Waals surface area contributed by atoms with Gasteiger partial charge in [-0.15, -0.1) is 0 Å². The second-order valence-electron chi connectivity index (χ2n) is 6.61. The molecule has 0 aromatic carbocycles. The van der Waals surface area contributed by atoms with Crippen molar-refractivity contribution in [3.05, 3.63) is 47.7 Å². The van der Waals surface area contributed by atoms with E-state index in [1.807, 2.05) is 4.90 Å². The molecule has 1 saturated heterocycles. The number of aromatic nitrogens is 1. The van der Waals surface area contributed by atoms with E-state index in [0.29, 0.717) is 30.0 Å². The first-order valence-electron chi connectivity index (χ1n) is 8.69. The highest BCUT2D eigenvalue weighted by atomic mass is 16.4. The Morgan fingerprint density at radius 1 is 1.48 bits per heavy atom. The molecule has 0 aliphatic carbocycles. The number of amides is 1. The number of nitriles is 1. The molecule has 1 N–H and O–H groups in total. The number of carbonyl (C=O) groups is 1. The zero-order valence-electron chi connectivity index (χ0n) is 14.4. The molecule has 6 heteroatoms. The Kier molecular flexibility index (Phi) is 5.25. The summed E-state index contributed by atoms with van der Waals surface area (Å²) in [5.41, 5.74) is 0.990. The van der Waals surface area contributed by atoms with Crippen molar-refractivity contribution in [3.8, 4) is 6.07 Å². The Morgan fingerprint density at radius 2 is 2.32 bits per heavy atom. The zero-order valence-corrected chi connectivity index (χ0v) is 14.4. The van der Waals surface area contributed by atoms with E-state index in [2.05, 4.69) is 6.07 Å². The van der Waals surface area contributed by atoms with Crippen LogP contribution in [0.4, 0.5) is 0 Å². The molecule has 132 valence electrons. The molecular formula is C19H23N3O3. The van der Waals surface area contributed by atoms with Crippen LogP contribution in [0, 0.1) is 11.3 Å². The van der Waals surface area contributed by atoms with E-state index in [9.17, 15) is 9.90 Å². The van der Waals surface area contributed by atoms with E-state index in [1.54, 1.807) is 42.3 Å². The summed E-state index contributed by atoms with van der Waals surface area (Å²) in [4.78, 5) is 14.9. The van der Waals surface area contributed by atoms with Gasteiger partial charge in [0, 0.05) is 32.3 Å². The maximum atomic E-state index is 13.1. The molecule has 1 aliphatic heterocycles. The van der Waals surface area contributed by atoms with Gasteiger partial charge in [-0.1, -0.05) is 12.8 Å². The molecule has 6 nitrogen and oxygen atoms in total. The van der Waals surface area contributed by atoms with E-state index in [4.69, 9.17) is 9.68 Å². The highest BCUT2D eigenvalue weighted by Gasteiger charge is 2.30. The fourth-order valence-electron chi connectivity index (χ4n) is 3.53. The fraction of sp³-hybridized carbons (Fsp3) is 0.474. The molecule has 1 amide bonds. The van der Waals surface area contributed by atoms with Gasteiger partial charge in [-0.2, -0.15) is 5.26 Å². The molecule has 2 atom stereocenters. The van der Waals surface area contributed by atoms with Crippen LogP contribution in [0.15, 0.2) is 35.1 Å². The van der Waals surface area contributed by atoms with Gasteiger partial charge in [-0.05, 0) is 31.0 Å². The average Bonchev–Trinajstić information content (AvgIpc) is 3.21. The van der Waals surface area contributed by atoms with Gasteiger partial charge in [0.2, 0.25) is 0 Å². The summed E-state index contributed by atoms with van der Waals surface area (Å²) in [6.45, 7) is 0.668. The molecule has 0 spiro atoms. The van der Waals surface area contributed by atoms with Gasteiger partial charge >= 0.3 is 0 Å². The van der Waals surface area contributed by atoms with Crippen molar-refractivity contribution >= 4 is 5.91 Å². The van der Waals surface area contributed by atoms with Crippen LogP contribution in [0.5, 0.6) is 0 Å². The molecule has 1 aliphatic rings. The lowest BCUT2D eigenvalue weighted by atomic mass is 10.0. The van der Waals surface area contributed by atoms with Gasteiger partial charge in [0.25, 0.3) is 5.91 Å². The molecule has 0 bridgehead atoms. The quantitative estimate of drug-likeness (QED) is 0.927. The topological polar surface area (TPSA) is 82.4 Å². The van der Waals surface area contributed by atoms with Crippen molar-refractivity contribution < 1.29 is 14.3 Å². The number of aryl methyl sites for hydroxylation is 1. The van der Waals surface area contributed by atoms with Crippen LogP contribution in [0.2, 0.25) is 0 Å². The zero-order chi connectivity index (χ0) is 17.8. The molecule has 2 aromatic heterocycles. The number of carbonyl (C=O) groups excluding carboxylic acids is 1. The third-order valence-electron chi connectivity index (χ3n) is 4.86. The van der Waals surface area contributed by atoms with E-state index in [0.717, 1.165) is 25.7 Å². The van der Waals surface area contributed by atoms with E-state index < -0.39 is 6.10 Å². The largest absolute Gasteiger partial charge is 0.467 e. The molecule has 2 unspecified atom stereocenters. The standard InChI is InChI=1S/C19H23N3O3/c1-21-13-14(12-20)10-16(21)19(24)22-8-4-2-3-6-15(22)11-17(23)18-7-5-9-25-18/h5,7,9-10,13,15,17,23H,2-4,6,8,11H2,1H3. The first-order chi connectivity index (χ1) is 12.1. The number of hydrogen-bond acceptors (Lipinski definition) is 4. The highest BCUT2D eigenvalue weighted by molar-refractivity contribution is 5.93. The van der Waals surface area contributed by atoms with Crippen molar-refractivity contribution in [3.63, 3.8) is 0 Å². The maximum Gasteiger partial charge on any atom is 0.270 e. The Bertz CT molecular complexity index is 757. The SMILES string of the molecule is Cn1cc(C#N)cc1C(=O)N1CCCCCC1CC(O)c1ccco1. The van der Waals surface area contributed by atoms with Gasteiger partial charge in [0.05, 0.1) is 11.8 Å². The summed E-state index contributed by atoms with van der Waals surface area (Å²) in [6.07, 6.45) is 6.86. The molecule has 2 aromatic rings. The smallest absolute Gasteiger partial charge is 0.270 e. The van der Waals surface area contributed by atoms with E-state index >= 15 is 0 Å². The number of aliphatic hydroxyl groups excluding tert-OH is 1. The molecule has 25 heavy (non-hydrogen) atoms. The van der Waals surface area contributed by atoms with Crippen LogP contribution in [0.3, 0.4) is 0 Å². The predicted octanol–water partition coefficient (Wildman–Crippen LogP) is 3.00. The van der Waals surface area contributed by atoms with E-state index in [1.165, 1.54) is 0 Å². The van der Waals surface area contributed by atoms with Gasteiger partial charge < -0.3 is 19.0 Å². The Labute approximate surface area is 147 Å². The highest BCUT2D eigenvalue weighted by Crippen LogP contribution is 2.28. The van der Waals surface area contributed by atoms with Gasteiger partial charge in [-0.3, -0.25) is 4.79 Å². The van der Waals surface area contributed by atoms with Crippen LogP contribution in [-0.4, -0.2) is 33.1 Å². The van der Waals surface area contributed by atoms with Gasteiger partial charge in [0.1, 0.15) is 23.6 Å². The predicted molar refractivity (Wildman–Crippen MR) is 91.7 cm³/mol. The Balaban J connectivity index is 1.81. The minimum Gasteiger partial charge on any atom is -0.467 e. The molecule has 0 radical (unpaired) electrons. The number of rotatable bonds is 4. The molecule has 0 saturated carbocycles. The van der Waals surface area contributed by atoms with Crippen LogP contribution < -0.4 is 0 Å². The Hall–Kier alpha value is -2.52. The Morgan fingerprint density at radius 3 is 3.00 bits per heavy atom. The molecule has 3 heterocycles. The first kappa shape index (κ1) is 17.3. The van der Waals surface area contributed by atoms with Crippen molar-refractivity contribution in [2.45, 2.75) is 44.2 Å². The average molecular weight is 341 g/mol. The van der Waals surface area contributed by atoms with Crippen molar-refractivity contribution in [2.24, 2.45) is 7.05 Å². The maximum absolute atomic E-state index is 13.1. The van der Waals surface area contributed by atoms with Crippen molar-refractivity contribution in [1.29, 1.82) is 5.26 Å². The van der Waals surface area contributed by atoms with E-state index in [-0.39, 0.29) is 11.9 Å². The normalized spacial score (nSPS) is 19.2. The number of aliphatic hydroxyl groups is 1. The monoisotopic (exact) mass is 341 g/mol. The number of likely N-dealkylation sites (tertiary alicyclic amines) is 1. The number of nitrogens with zero attached hydrogens (tertiary/aromatic N) is 3. The minimum absolute atomic E-state index is 0.0458. The summed E-state index contributed by atoms with van der Waals surface area (Å²) in [5, 5.41) is 19.5. The van der Waals surface area contributed by atoms with Crippen LogP contribution in [0.25, 0.3) is 0 Å². The molecule has 3 rings (SSSR count). The lowest BCUT2D eigenvalue weighted by Crippen LogP contribution is -2.41. The van der Waals surface area contributed by atoms with Gasteiger partial charge in [-0.25, -0.2) is 0 Å². The second kappa shape index (κ2) is 7.58. The van der Waals surface area contributed by atoms with Crippen molar-refractivity contribution in [2.75, 3.05) is 6.54 Å². The third kappa shape index (κ3) is 3.77. The summed E-state index contributed by atoms with van der Waals surface area (Å²) >= 11 is 0. The minimum atomic E-state index is -0.725. The third-order valence-corrected chi connectivity index (χ3v) is 4.86. The number of hydrogen-bond donors (Lipinski definition) is 1. The molecular weight excluding hydrogens is 318 g/mol. The van der Waals surface area contributed by atoms with Crippen LogP contribution in [-0.2, 0) is 7.05 Å². The summed E-state index contributed by atoms with van der Waals surface area (Å²) in [5.74, 6) is 0.449.